The predicted molar refractivity (Wildman–Crippen MR) is 143 cm³/mol. The summed E-state index contributed by atoms with van der Waals surface area (Å²) in [5.41, 5.74) is -1.29. The largest absolute Gasteiger partial charge is 0.469 e. The first kappa shape index (κ1) is 32.1. The molecule has 1 rings (SSSR count). The maximum atomic E-state index is 12.9. The highest BCUT2D eigenvalue weighted by Gasteiger charge is 2.36. The summed E-state index contributed by atoms with van der Waals surface area (Å²) < 4.78 is 15.7. The van der Waals surface area contributed by atoms with Crippen molar-refractivity contribution in [2.75, 3.05) is 12.4 Å². The van der Waals surface area contributed by atoms with Crippen LogP contribution in [0.3, 0.4) is 0 Å². The van der Waals surface area contributed by atoms with E-state index in [1.165, 1.54) is 7.11 Å². The molecule has 0 bridgehead atoms. The van der Waals surface area contributed by atoms with E-state index in [-0.39, 0.29) is 35.5 Å². The van der Waals surface area contributed by atoms with Crippen molar-refractivity contribution in [2.45, 2.75) is 106 Å². The zero-order valence-electron chi connectivity index (χ0n) is 24.4. The summed E-state index contributed by atoms with van der Waals surface area (Å²) in [6.45, 7) is 18.3. The average molecular weight is 520 g/mol. The second kappa shape index (κ2) is 12.1. The number of nitrogens with one attached hydrogen (secondary N) is 1. The SMILES string of the molecule is COC(=O)CC(C)(C)CC(C)(C)CC(=O)Nc1ccc(C(C(=O)OC(C)(C)C)C(=O)OC(C)(C)C)cc1. The second-order valence-electron chi connectivity index (χ2n) is 13.1. The molecular weight excluding hydrogens is 474 g/mol. The van der Waals surface area contributed by atoms with E-state index in [0.29, 0.717) is 17.7 Å². The molecule has 1 amide bonds. The van der Waals surface area contributed by atoms with Gasteiger partial charge in [0.05, 0.1) is 13.5 Å². The van der Waals surface area contributed by atoms with E-state index >= 15 is 0 Å². The number of rotatable bonds is 10. The molecule has 0 aliphatic heterocycles. The molecule has 0 aliphatic carbocycles. The van der Waals surface area contributed by atoms with Crippen molar-refractivity contribution in [1.82, 2.24) is 0 Å². The molecule has 8 heteroatoms. The van der Waals surface area contributed by atoms with Crippen LogP contribution in [0.5, 0.6) is 0 Å². The van der Waals surface area contributed by atoms with Crippen LogP contribution in [-0.4, -0.2) is 42.1 Å². The Hall–Kier alpha value is -2.90. The van der Waals surface area contributed by atoms with Crippen LogP contribution >= 0.6 is 0 Å². The van der Waals surface area contributed by atoms with Gasteiger partial charge in [-0.25, -0.2) is 0 Å². The number of hydrogen-bond acceptors (Lipinski definition) is 7. The number of hydrogen-bond donors (Lipinski definition) is 1. The molecule has 0 unspecified atom stereocenters. The normalized spacial score (nSPS) is 12.6. The number of esters is 3. The molecule has 0 spiro atoms. The lowest BCUT2D eigenvalue weighted by molar-refractivity contribution is -0.169. The second-order valence-corrected chi connectivity index (χ2v) is 13.1. The van der Waals surface area contributed by atoms with E-state index in [1.807, 2.05) is 27.7 Å². The Morgan fingerprint density at radius 3 is 1.57 bits per heavy atom. The first-order chi connectivity index (χ1) is 16.6. The van der Waals surface area contributed by atoms with Crippen LogP contribution < -0.4 is 5.32 Å². The first-order valence-electron chi connectivity index (χ1n) is 12.6. The van der Waals surface area contributed by atoms with Gasteiger partial charge in [-0.05, 0) is 76.5 Å². The Bertz CT molecular complexity index is 935. The molecule has 0 radical (unpaired) electrons. The molecule has 0 aromatic heterocycles. The molecule has 1 N–H and O–H groups in total. The van der Waals surface area contributed by atoms with Crippen LogP contribution in [0.2, 0.25) is 0 Å². The van der Waals surface area contributed by atoms with Crippen molar-refractivity contribution in [3.05, 3.63) is 29.8 Å². The number of benzene rings is 1. The molecule has 0 heterocycles. The number of anilines is 1. The summed E-state index contributed by atoms with van der Waals surface area (Å²) in [6, 6.07) is 6.50. The van der Waals surface area contributed by atoms with Gasteiger partial charge in [0, 0.05) is 12.1 Å². The highest BCUT2D eigenvalue weighted by Crippen LogP contribution is 2.39. The Morgan fingerprint density at radius 1 is 0.730 bits per heavy atom. The number of amides is 1. The Labute approximate surface area is 221 Å². The lowest BCUT2D eigenvalue weighted by Gasteiger charge is -2.34. The number of methoxy groups -OCH3 is 1. The molecular formula is C29H45NO7. The van der Waals surface area contributed by atoms with Gasteiger partial charge in [-0.2, -0.15) is 0 Å². The Morgan fingerprint density at radius 2 is 1.16 bits per heavy atom. The minimum Gasteiger partial charge on any atom is -0.469 e. The predicted octanol–water partition coefficient (Wildman–Crippen LogP) is 5.79. The monoisotopic (exact) mass is 519 g/mol. The Kier molecular flexibility index (Phi) is 10.5. The Balaban J connectivity index is 2.99. The van der Waals surface area contributed by atoms with Crippen LogP contribution in [0, 0.1) is 10.8 Å². The lowest BCUT2D eigenvalue weighted by atomic mass is 9.72. The van der Waals surface area contributed by atoms with Gasteiger partial charge in [0.2, 0.25) is 5.91 Å². The van der Waals surface area contributed by atoms with Gasteiger partial charge < -0.3 is 19.5 Å². The van der Waals surface area contributed by atoms with Crippen LogP contribution in [-0.2, 0) is 33.4 Å². The molecule has 0 atom stereocenters. The quantitative estimate of drug-likeness (QED) is 0.237. The van der Waals surface area contributed by atoms with Gasteiger partial charge in [0.25, 0.3) is 0 Å². The van der Waals surface area contributed by atoms with E-state index < -0.39 is 29.1 Å². The van der Waals surface area contributed by atoms with E-state index in [2.05, 4.69) is 5.32 Å². The molecule has 0 aliphatic rings. The fourth-order valence-corrected chi connectivity index (χ4v) is 4.37. The van der Waals surface area contributed by atoms with Crippen LogP contribution in [0.15, 0.2) is 24.3 Å². The fourth-order valence-electron chi connectivity index (χ4n) is 4.37. The summed E-state index contributed by atoms with van der Waals surface area (Å²) >= 11 is 0. The van der Waals surface area contributed by atoms with E-state index in [0.717, 1.165) is 0 Å². The highest BCUT2D eigenvalue weighted by molar-refractivity contribution is 6.01. The molecule has 0 saturated heterocycles. The van der Waals surface area contributed by atoms with Crippen LogP contribution in [0.25, 0.3) is 0 Å². The van der Waals surface area contributed by atoms with Gasteiger partial charge in [-0.1, -0.05) is 39.8 Å². The first-order valence-corrected chi connectivity index (χ1v) is 12.6. The molecule has 1 aromatic rings. The van der Waals surface area contributed by atoms with E-state index in [4.69, 9.17) is 14.2 Å². The maximum Gasteiger partial charge on any atom is 0.325 e. The van der Waals surface area contributed by atoms with Gasteiger partial charge in [0.1, 0.15) is 11.2 Å². The summed E-state index contributed by atoms with van der Waals surface area (Å²) in [7, 11) is 1.37. The van der Waals surface area contributed by atoms with Gasteiger partial charge in [0.15, 0.2) is 5.92 Å². The topological polar surface area (TPSA) is 108 Å². The third-order valence-corrected chi connectivity index (χ3v) is 5.26. The highest BCUT2D eigenvalue weighted by atomic mass is 16.6. The van der Waals surface area contributed by atoms with Crippen molar-refractivity contribution < 1.29 is 33.4 Å². The molecule has 208 valence electrons. The zero-order valence-corrected chi connectivity index (χ0v) is 24.4. The zero-order chi connectivity index (χ0) is 28.8. The minimum atomic E-state index is -1.25. The van der Waals surface area contributed by atoms with Gasteiger partial charge >= 0.3 is 17.9 Å². The molecule has 1 aromatic carbocycles. The summed E-state index contributed by atoms with van der Waals surface area (Å²) in [4.78, 5) is 50.3. The fraction of sp³-hybridized carbons (Fsp3) is 0.655. The average Bonchev–Trinajstić information content (AvgIpc) is 2.64. The number of carbonyl (C=O) groups is 4. The summed E-state index contributed by atoms with van der Waals surface area (Å²) in [5.74, 6) is -3.10. The maximum absolute atomic E-state index is 12.9. The van der Waals surface area contributed by atoms with Crippen molar-refractivity contribution in [3.8, 4) is 0 Å². The smallest absolute Gasteiger partial charge is 0.325 e. The molecule has 8 nitrogen and oxygen atoms in total. The van der Waals surface area contributed by atoms with Gasteiger partial charge in [-0.15, -0.1) is 0 Å². The number of ether oxygens (including phenoxy) is 3. The molecule has 0 saturated carbocycles. The van der Waals surface area contributed by atoms with Crippen molar-refractivity contribution in [3.63, 3.8) is 0 Å². The van der Waals surface area contributed by atoms with E-state index in [1.54, 1.807) is 65.8 Å². The number of carbonyl (C=O) groups excluding carboxylic acids is 4. The lowest BCUT2D eigenvalue weighted by Crippen LogP contribution is -2.35. The standard InChI is InChI=1S/C29H45NO7/c1-26(2,3)36-24(33)23(25(34)37-27(4,5)6)19-12-14-20(15-13-19)30-21(31)16-28(7,8)18-29(9,10)17-22(32)35-11/h12-15,23H,16-18H2,1-11H3,(H,30,31). The summed E-state index contributed by atoms with van der Waals surface area (Å²) in [6.07, 6.45) is 1.17. The van der Waals surface area contributed by atoms with Crippen molar-refractivity contribution in [2.24, 2.45) is 10.8 Å². The van der Waals surface area contributed by atoms with Gasteiger partial charge in [-0.3, -0.25) is 19.2 Å². The molecule has 37 heavy (non-hydrogen) atoms. The van der Waals surface area contributed by atoms with E-state index in [9.17, 15) is 19.2 Å². The van der Waals surface area contributed by atoms with Crippen LogP contribution in [0.1, 0.15) is 100.0 Å². The third kappa shape index (κ3) is 12.3. The summed E-state index contributed by atoms with van der Waals surface area (Å²) in [5, 5.41) is 2.87. The minimum absolute atomic E-state index is 0.178. The third-order valence-electron chi connectivity index (χ3n) is 5.26. The van der Waals surface area contributed by atoms with Crippen molar-refractivity contribution in [1.29, 1.82) is 0 Å². The van der Waals surface area contributed by atoms with Crippen molar-refractivity contribution >= 4 is 29.5 Å². The van der Waals surface area contributed by atoms with Crippen LogP contribution in [0.4, 0.5) is 5.69 Å². The molecule has 0 fully saturated rings.